The number of halogens is 1. The first kappa shape index (κ1) is 14.5. The summed E-state index contributed by atoms with van der Waals surface area (Å²) in [6, 6.07) is 1.73. The van der Waals surface area contributed by atoms with E-state index in [0.717, 1.165) is 16.5 Å². The quantitative estimate of drug-likeness (QED) is 0.756. The molecule has 0 radical (unpaired) electrons. The molecule has 1 aromatic rings. The van der Waals surface area contributed by atoms with Crippen LogP contribution in [0, 0.1) is 9.49 Å². The molecule has 0 spiro atoms. The van der Waals surface area contributed by atoms with E-state index >= 15 is 0 Å². The van der Waals surface area contributed by atoms with Crippen LogP contribution in [-0.4, -0.2) is 15.6 Å². The van der Waals surface area contributed by atoms with Gasteiger partial charge >= 0.3 is 5.97 Å². The Morgan fingerprint density at radius 3 is 2.76 bits per heavy atom. The minimum atomic E-state index is -0.835. The fourth-order valence-corrected chi connectivity index (χ4v) is 2.63. The Hall–Kier alpha value is -0.520. The van der Waals surface area contributed by atoms with Gasteiger partial charge in [0.15, 0.2) is 0 Å². The van der Waals surface area contributed by atoms with Crippen LogP contribution in [0.1, 0.15) is 50.0 Å². The van der Waals surface area contributed by atoms with Crippen LogP contribution >= 0.6 is 22.6 Å². The number of carbonyl (C=O) groups is 1. The van der Waals surface area contributed by atoms with E-state index in [4.69, 9.17) is 5.11 Å². The van der Waals surface area contributed by atoms with E-state index in [9.17, 15) is 4.79 Å². The molecule has 1 rings (SSSR count). The zero-order valence-electron chi connectivity index (χ0n) is 10.4. The lowest BCUT2D eigenvalue weighted by Crippen LogP contribution is -2.14. The Kier molecular flexibility index (Phi) is 6.02. The molecule has 1 heterocycles. The molecule has 96 valence electrons. The molecule has 1 unspecified atom stereocenters. The van der Waals surface area contributed by atoms with Gasteiger partial charge in [-0.1, -0.05) is 33.1 Å². The van der Waals surface area contributed by atoms with Gasteiger partial charge in [0, 0.05) is 16.3 Å². The van der Waals surface area contributed by atoms with Crippen LogP contribution < -0.4 is 0 Å². The van der Waals surface area contributed by atoms with Gasteiger partial charge in [0.1, 0.15) is 5.69 Å². The molecule has 0 aliphatic carbocycles. The summed E-state index contributed by atoms with van der Waals surface area (Å²) in [6.07, 6.45) is 6.64. The third-order valence-corrected chi connectivity index (χ3v) is 3.67. The Morgan fingerprint density at radius 2 is 2.24 bits per heavy atom. The summed E-state index contributed by atoms with van der Waals surface area (Å²) in [5, 5.41) is 9.12. The Bertz CT molecular complexity index is 373. The fraction of sp³-hybridized carbons (Fsp3) is 0.615. The van der Waals surface area contributed by atoms with Gasteiger partial charge in [-0.25, -0.2) is 4.79 Å². The van der Waals surface area contributed by atoms with Gasteiger partial charge < -0.3 is 9.67 Å². The van der Waals surface area contributed by atoms with E-state index in [1.165, 1.54) is 19.3 Å². The Labute approximate surface area is 116 Å². The Morgan fingerprint density at radius 1 is 1.53 bits per heavy atom. The van der Waals surface area contributed by atoms with Crippen LogP contribution in [0.2, 0.25) is 0 Å². The lowest BCUT2D eigenvalue weighted by atomic mass is 9.99. The summed E-state index contributed by atoms with van der Waals surface area (Å²) in [6.45, 7) is 5.18. The van der Waals surface area contributed by atoms with Gasteiger partial charge in [-0.05, 0) is 41.0 Å². The number of hydrogen-bond donors (Lipinski definition) is 1. The number of carboxylic acids is 1. The van der Waals surface area contributed by atoms with Crippen LogP contribution in [0.4, 0.5) is 0 Å². The minimum Gasteiger partial charge on any atom is -0.477 e. The van der Waals surface area contributed by atoms with Crippen LogP contribution in [0.25, 0.3) is 0 Å². The molecule has 0 aliphatic heterocycles. The molecule has 0 saturated heterocycles. The first-order valence-electron chi connectivity index (χ1n) is 6.17. The van der Waals surface area contributed by atoms with Gasteiger partial charge in [0.05, 0.1) is 0 Å². The van der Waals surface area contributed by atoms with Gasteiger partial charge in [0.25, 0.3) is 0 Å². The summed E-state index contributed by atoms with van der Waals surface area (Å²) < 4.78 is 2.87. The standard InChI is InChI=1S/C13H20INO2/c1-3-5-6-10(4-2)8-15-9-11(14)7-12(15)13(16)17/h7,9-10H,3-6,8H2,1-2H3,(H,16,17). The van der Waals surface area contributed by atoms with E-state index in [1.54, 1.807) is 6.07 Å². The molecular formula is C13H20INO2. The normalized spacial score (nSPS) is 12.6. The maximum absolute atomic E-state index is 11.1. The maximum atomic E-state index is 11.1. The predicted molar refractivity (Wildman–Crippen MR) is 77.4 cm³/mol. The average Bonchev–Trinajstić information content (AvgIpc) is 2.65. The third-order valence-electron chi connectivity index (χ3n) is 3.08. The second kappa shape index (κ2) is 7.03. The predicted octanol–water partition coefficient (Wildman–Crippen LogP) is 4.01. The van der Waals surface area contributed by atoms with Crippen LogP contribution in [0.5, 0.6) is 0 Å². The van der Waals surface area contributed by atoms with Crippen molar-refractivity contribution in [3.05, 3.63) is 21.5 Å². The molecule has 0 fully saturated rings. The number of hydrogen-bond acceptors (Lipinski definition) is 1. The molecule has 0 saturated carbocycles. The summed E-state index contributed by atoms with van der Waals surface area (Å²) in [5.41, 5.74) is 0.407. The van der Waals surface area contributed by atoms with Crippen molar-refractivity contribution in [1.29, 1.82) is 0 Å². The van der Waals surface area contributed by atoms with Crippen molar-refractivity contribution in [3.8, 4) is 0 Å². The third kappa shape index (κ3) is 4.33. The van der Waals surface area contributed by atoms with E-state index in [0.29, 0.717) is 11.6 Å². The number of carboxylic acid groups (broad SMARTS) is 1. The van der Waals surface area contributed by atoms with Crippen molar-refractivity contribution in [1.82, 2.24) is 4.57 Å². The monoisotopic (exact) mass is 349 g/mol. The summed E-state index contributed by atoms with van der Waals surface area (Å²) in [4.78, 5) is 11.1. The van der Waals surface area contributed by atoms with Crippen molar-refractivity contribution in [2.75, 3.05) is 0 Å². The molecule has 0 aliphatic rings. The van der Waals surface area contributed by atoms with Crippen molar-refractivity contribution in [3.63, 3.8) is 0 Å². The molecule has 1 aromatic heterocycles. The van der Waals surface area contributed by atoms with Gasteiger partial charge in [0.2, 0.25) is 0 Å². The van der Waals surface area contributed by atoms with Gasteiger partial charge in [-0.3, -0.25) is 0 Å². The van der Waals surface area contributed by atoms with Gasteiger partial charge in [-0.2, -0.15) is 0 Å². The first-order chi connectivity index (χ1) is 8.08. The lowest BCUT2D eigenvalue weighted by Gasteiger charge is -2.16. The van der Waals surface area contributed by atoms with Crippen LogP contribution in [-0.2, 0) is 6.54 Å². The van der Waals surface area contributed by atoms with Gasteiger partial charge in [-0.15, -0.1) is 0 Å². The maximum Gasteiger partial charge on any atom is 0.352 e. The van der Waals surface area contributed by atoms with E-state index in [2.05, 4.69) is 36.4 Å². The van der Waals surface area contributed by atoms with Crippen molar-refractivity contribution >= 4 is 28.6 Å². The van der Waals surface area contributed by atoms with Crippen LogP contribution in [0.15, 0.2) is 12.3 Å². The second-order valence-electron chi connectivity index (χ2n) is 4.42. The van der Waals surface area contributed by atoms with Crippen LogP contribution in [0.3, 0.4) is 0 Å². The molecule has 3 nitrogen and oxygen atoms in total. The number of unbranched alkanes of at least 4 members (excludes halogenated alkanes) is 1. The average molecular weight is 349 g/mol. The highest BCUT2D eigenvalue weighted by Gasteiger charge is 2.14. The number of nitrogens with zero attached hydrogens (tertiary/aromatic N) is 1. The number of rotatable bonds is 7. The van der Waals surface area contributed by atoms with E-state index in [-0.39, 0.29) is 0 Å². The molecule has 0 amide bonds. The topological polar surface area (TPSA) is 42.2 Å². The highest BCUT2D eigenvalue weighted by Crippen LogP contribution is 2.19. The second-order valence-corrected chi connectivity index (χ2v) is 5.66. The molecule has 0 bridgehead atoms. The zero-order valence-corrected chi connectivity index (χ0v) is 12.6. The Balaban J connectivity index is 2.74. The number of aromatic carboxylic acids is 1. The molecule has 0 aromatic carbocycles. The number of aromatic nitrogens is 1. The molecule has 4 heteroatoms. The highest BCUT2D eigenvalue weighted by atomic mass is 127. The van der Waals surface area contributed by atoms with Crippen molar-refractivity contribution in [2.24, 2.45) is 5.92 Å². The summed E-state index contributed by atoms with van der Waals surface area (Å²) >= 11 is 2.16. The molecule has 17 heavy (non-hydrogen) atoms. The fourth-order valence-electron chi connectivity index (χ4n) is 2.00. The highest BCUT2D eigenvalue weighted by molar-refractivity contribution is 14.1. The SMILES string of the molecule is CCCCC(CC)Cn1cc(I)cc1C(=O)O. The summed E-state index contributed by atoms with van der Waals surface area (Å²) in [7, 11) is 0. The zero-order chi connectivity index (χ0) is 12.8. The minimum absolute atomic E-state index is 0.407. The lowest BCUT2D eigenvalue weighted by molar-refractivity contribution is 0.0683. The molecular weight excluding hydrogens is 329 g/mol. The molecule has 1 atom stereocenters. The van der Waals surface area contributed by atoms with E-state index in [1.807, 2.05) is 10.8 Å². The molecule has 1 N–H and O–H groups in total. The van der Waals surface area contributed by atoms with Crippen molar-refractivity contribution < 1.29 is 9.90 Å². The van der Waals surface area contributed by atoms with E-state index < -0.39 is 5.97 Å². The first-order valence-corrected chi connectivity index (χ1v) is 7.25. The van der Waals surface area contributed by atoms with Crippen molar-refractivity contribution in [2.45, 2.75) is 46.1 Å². The largest absolute Gasteiger partial charge is 0.477 e. The summed E-state index contributed by atoms with van der Waals surface area (Å²) in [5.74, 6) is -0.255. The smallest absolute Gasteiger partial charge is 0.352 e.